The maximum Gasteiger partial charge on any atom is 0.329 e. The maximum atomic E-state index is 13.1. The smallest absolute Gasteiger partial charge is 0.329 e. The first-order chi connectivity index (χ1) is 14.9. The minimum absolute atomic E-state index is 0.0515. The molecule has 0 fully saturated rings. The molecule has 0 saturated carbocycles. The third-order valence-corrected chi connectivity index (χ3v) is 6.42. The molecule has 3 aromatic heterocycles. The number of imidazole rings is 1. The van der Waals surface area contributed by atoms with E-state index < -0.39 is 0 Å². The van der Waals surface area contributed by atoms with Gasteiger partial charge < -0.3 is 15.8 Å². The number of nitrogens with zero attached hydrogens (tertiary/aromatic N) is 3. The van der Waals surface area contributed by atoms with Crippen LogP contribution in [0.4, 0.5) is 11.4 Å². The van der Waals surface area contributed by atoms with Crippen LogP contribution in [0.2, 0.25) is 0 Å². The van der Waals surface area contributed by atoms with Crippen molar-refractivity contribution in [2.45, 2.75) is 40.5 Å². The highest BCUT2D eigenvalue weighted by Gasteiger charge is 2.21. The minimum Gasteiger partial charge on any atom is -0.397 e. The lowest BCUT2D eigenvalue weighted by atomic mass is 10.1. The van der Waals surface area contributed by atoms with Crippen molar-refractivity contribution in [3.05, 3.63) is 50.9 Å². The number of aromatic nitrogens is 3. The van der Waals surface area contributed by atoms with Gasteiger partial charge in [-0.15, -0.1) is 11.3 Å². The number of thiophene rings is 1. The van der Waals surface area contributed by atoms with Crippen LogP contribution in [0.15, 0.2) is 29.1 Å². The van der Waals surface area contributed by atoms with Gasteiger partial charge in [0.05, 0.1) is 23.3 Å². The molecule has 162 valence electrons. The summed E-state index contributed by atoms with van der Waals surface area (Å²) in [6, 6.07) is 7.41. The number of nitrogen functional groups attached to an aromatic ring is 1. The molecule has 0 aliphatic carbocycles. The summed E-state index contributed by atoms with van der Waals surface area (Å²) in [6.07, 6.45) is 0. The quantitative estimate of drug-likeness (QED) is 0.476. The SMILES string of the molecule is CCn1c(=O)n(CC)c2cc(NC(=O)c3sc4nc(C)cc(COC)c4c3N)ccc21. The molecule has 4 aromatic rings. The van der Waals surface area contributed by atoms with Gasteiger partial charge in [0.2, 0.25) is 0 Å². The van der Waals surface area contributed by atoms with E-state index in [4.69, 9.17) is 10.5 Å². The van der Waals surface area contributed by atoms with Crippen LogP contribution in [0, 0.1) is 6.92 Å². The van der Waals surface area contributed by atoms with Gasteiger partial charge in [0.15, 0.2) is 0 Å². The summed E-state index contributed by atoms with van der Waals surface area (Å²) < 4.78 is 8.71. The number of amides is 1. The molecule has 31 heavy (non-hydrogen) atoms. The fraction of sp³-hybridized carbons (Fsp3) is 0.318. The molecule has 0 aliphatic heterocycles. The first-order valence-electron chi connectivity index (χ1n) is 10.1. The second-order valence-corrected chi connectivity index (χ2v) is 8.31. The number of methoxy groups -OCH3 is 1. The van der Waals surface area contributed by atoms with Crippen LogP contribution in [0.5, 0.6) is 0 Å². The van der Waals surface area contributed by atoms with Crippen LogP contribution >= 0.6 is 11.3 Å². The van der Waals surface area contributed by atoms with E-state index >= 15 is 0 Å². The third kappa shape index (κ3) is 3.49. The largest absolute Gasteiger partial charge is 0.397 e. The van der Waals surface area contributed by atoms with Crippen LogP contribution in [-0.2, 0) is 24.4 Å². The summed E-state index contributed by atoms with van der Waals surface area (Å²) in [5, 5.41) is 3.69. The van der Waals surface area contributed by atoms with Gasteiger partial charge in [-0.05, 0) is 50.6 Å². The normalized spacial score (nSPS) is 11.5. The van der Waals surface area contributed by atoms with Gasteiger partial charge in [-0.2, -0.15) is 0 Å². The Bertz CT molecular complexity index is 1370. The standard InChI is InChI=1S/C22H25N5O3S/c1-5-26-15-8-7-14(10-16(15)27(6-2)22(26)29)25-20(28)19-18(23)17-13(11-30-4)9-12(3)24-21(17)31-19/h7-10H,5-6,11,23H2,1-4H3,(H,25,28). The number of ether oxygens (including phenoxy) is 1. The van der Waals surface area contributed by atoms with Gasteiger partial charge >= 0.3 is 5.69 Å². The van der Waals surface area contributed by atoms with E-state index in [1.165, 1.54) is 11.3 Å². The zero-order chi connectivity index (χ0) is 22.3. The Hall–Kier alpha value is -3.17. The highest BCUT2D eigenvalue weighted by Crippen LogP contribution is 2.36. The van der Waals surface area contributed by atoms with Crippen molar-refractivity contribution in [2.75, 3.05) is 18.2 Å². The number of rotatable bonds is 6. The number of anilines is 2. The summed E-state index contributed by atoms with van der Waals surface area (Å²) in [7, 11) is 1.62. The number of nitrogens with one attached hydrogen (secondary N) is 1. The van der Waals surface area contributed by atoms with Crippen LogP contribution in [0.25, 0.3) is 21.3 Å². The van der Waals surface area contributed by atoms with Gasteiger partial charge in [-0.3, -0.25) is 13.9 Å². The molecule has 1 aromatic carbocycles. The summed E-state index contributed by atoms with van der Waals surface area (Å²) in [4.78, 5) is 31.3. The van der Waals surface area contributed by atoms with E-state index in [1.54, 1.807) is 22.3 Å². The van der Waals surface area contributed by atoms with Crippen molar-refractivity contribution in [2.24, 2.45) is 0 Å². The zero-order valence-corrected chi connectivity index (χ0v) is 18.8. The molecule has 0 radical (unpaired) electrons. The molecule has 0 atom stereocenters. The number of fused-ring (bicyclic) bond motifs is 2. The molecule has 9 heteroatoms. The van der Waals surface area contributed by atoms with Crippen molar-refractivity contribution in [1.29, 1.82) is 0 Å². The summed E-state index contributed by atoms with van der Waals surface area (Å²) >= 11 is 1.26. The predicted molar refractivity (Wildman–Crippen MR) is 125 cm³/mol. The van der Waals surface area contributed by atoms with Gasteiger partial charge in [0, 0.05) is 37.0 Å². The predicted octanol–water partition coefficient (Wildman–Crippen LogP) is 3.74. The van der Waals surface area contributed by atoms with Gasteiger partial charge in [0.25, 0.3) is 5.91 Å². The molecule has 8 nitrogen and oxygen atoms in total. The van der Waals surface area contributed by atoms with Crippen LogP contribution in [-0.4, -0.2) is 27.1 Å². The molecular weight excluding hydrogens is 414 g/mol. The highest BCUT2D eigenvalue weighted by atomic mass is 32.1. The molecular formula is C22H25N5O3S. The van der Waals surface area contributed by atoms with Crippen LogP contribution < -0.4 is 16.7 Å². The Labute approximate surface area is 183 Å². The maximum absolute atomic E-state index is 13.1. The van der Waals surface area contributed by atoms with E-state index in [9.17, 15) is 9.59 Å². The molecule has 1 amide bonds. The molecule has 3 N–H and O–H groups in total. The minimum atomic E-state index is -0.304. The van der Waals surface area contributed by atoms with Crippen LogP contribution in [0.3, 0.4) is 0 Å². The van der Waals surface area contributed by atoms with Crippen molar-refractivity contribution >= 4 is 49.9 Å². The monoisotopic (exact) mass is 439 g/mol. The van der Waals surface area contributed by atoms with Crippen molar-refractivity contribution < 1.29 is 9.53 Å². The lowest BCUT2D eigenvalue weighted by Crippen LogP contribution is -2.23. The summed E-state index contributed by atoms with van der Waals surface area (Å²) in [5.41, 5.74) is 10.7. The van der Waals surface area contributed by atoms with Gasteiger partial charge in [-0.25, -0.2) is 9.78 Å². The van der Waals surface area contributed by atoms with Crippen molar-refractivity contribution in [1.82, 2.24) is 14.1 Å². The summed E-state index contributed by atoms with van der Waals surface area (Å²) in [5.74, 6) is -0.304. The number of pyridine rings is 1. The molecule has 0 unspecified atom stereocenters. The summed E-state index contributed by atoms with van der Waals surface area (Å²) in [6.45, 7) is 7.30. The van der Waals surface area contributed by atoms with Gasteiger partial charge in [-0.1, -0.05) is 0 Å². The highest BCUT2D eigenvalue weighted by molar-refractivity contribution is 7.21. The number of hydrogen-bond acceptors (Lipinski definition) is 6. The Balaban J connectivity index is 1.74. The fourth-order valence-corrected chi connectivity index (χ4v) is 5.05. The number of benzene rings is 1. The lowest BCUT2D eigenvalue weighted by molar-refractivity contribution is 0.103. The first kappa shape index (κ1) is 21.1. The van der Waals surface area contributed by atoms with Gasteiger partial charge in [0.1, 0.15) is 9.71 Å². The Morgan fingerprint density at radius 1 is 1.19 bits per heavy atom. The molecule has 0 aliphatic rings. The number of hydrogen-bond donors (Lipinski definition) is 2. The van der Waals surface area contributed by atoms with E-state index in [0.717, 1.165) is 27.7 Å². The lowest BCUT2D eigenvalue weighted by Gasteiger charge is -2.07. The average molecular weight is 440 g/mol. The number of nitrogens with two attached hydrogens (primary N) is 1. The topological polar surface area (TPSA) is 104 Å². The first-order valence-corrected chi connectivity index (χ1v) is 10.9. The van der Waals surface area contributed by atoms with E-state index in [-0.39, 0.29) is 11.6 Å². The van der Waals surface area contributed by atoms with E-state index in [2.05, 4.69) is 10.3 Å². The molecule has 0 spiro atoms. The Morgan fingerprint density at radius 3 is 2.58 bits per heavy atom. The number of carbonyl (C=O) groups is 1. The second kappa shape index (κ2) is 8.16. The van der Waals surface area contributed by atoms with E-state index in [1.807, 2.05) is 39.0 Å². The average Bonchev–Trinajstić information content (AvgIpc) is 3.20. The number of aryl methyl sites for hydroxylation is 3. The van der Waals surface area contributed by atoms with Crippen molar-refractivity contribution in [3.8, 4) is 0 Å². The second-order valence-electron chi connectivity index (χ2n) is 7.31. The number of carbonyl (C=O) groups excluding carboxylic acids is 1. The van der Waals surface area contributed by atoms with E-state index in [0.29, 0.717) is 40.8 Å². The molecule has 0 saturated heterocycles. The van der Waals surface area contributed by atoms with Crippen molar-refractivity contribution in [3.63, 3.8) is 0 Å². The Kier molecular flexibility index (Phi) is 5.55. The molecule has 3 heterocycles. The zero-order valence-electron chi connectivity index (χ0n) is 18.0. The molecule has 4 rings (SSSR count). The van der Waals surface area contributed by atoms with Crippen LogP contribution in [0.1, 0.15) is 34.8 Å². The Morgan fingerprint density at radius 2 is 1.90 bits per heavy atom. The third-order valence-electron chi connectivity index (χ3n) is 5.32. The molecule has 0 bridgehead atoms. The fourth-order valence-electron chi connectivity index (χ4n) is 3.97.